The van der Waals surface area contributed by atoms with Gasteiger partial charge in [-0.25, -0.2) is 4.39 Å². The molecule has 2 N–H and O–H groups in total. The summed E-state index contributed by atoms with van der Waals surface area (Å²) >= 11 is 0. The Morgan fingerprint density at radius 3 is 2.83 bits per heavy atom. The van der Waals surface area contributed by atoms with Gasteiger partial charge in [-0.05, 0) is 43.5 Å². The van der Waals surface area contributed by atoms with Crippen molar-refractivity contribution in [1.29, 1.82) is 0 Å². The van der Waals surface area contributed by atoms with Gasteiger partial charge in [-0.2, -0.15) is 0 Å². The van der Waals surface area contributed by atoms with Crippen LogP contribution >= 0.6 is 0 Å². The number of nitrogens with zero attached hydrogens (tertiary/aromatic N) is 2. The van der Waals surface area contributed by atoms with Gasteiger partial charge in [0.05, 0.1) is 6.54 Å². The van der Waals surface area contributed by atoms with Crippen LogP contribution in [0, 0.1) is 5.82 Å². The third-order valence-electron chi connectivity index (χ3n) is 5.04. The molecule has 1 aliphatic rings. The average Bonchev–Trinajstić information content (AvgIpc) is 2.75. The minimum absolute atomic E-state index is 0.207. The van der Waals surface area contributed by atoms with Crippen molar-refractivity contribution in [2.45, 2.75) is 31.6 Å². The Kier molecular flexibility index (Phi) is 8.68. The fourth-order valence-corrected chi connectivity index (χ4v) is 4.61. The highest BCUT2D eigenvalue weighted by Crippen LogP contribution is 2.20. The van der Waals surface area contributed by atoms with E-state index < -0.39 is 10.8 Å². The van der Waals surface area contributed by atoms with E-state index in [4.69, 9.17) is 0 Å². The predicted octanol–water partition coefficient (Wildman–Crippen LogP) is 3.30. The molecule has 1 heterocycles. The molecule has 1 fully saturated rings. The summed E-state index contributed by atoms with van der Waals surface area (Å²) in [6, 6.07) is 16.9. The third kappa shape index (κ3) is 7.13. The van der Waals surface area contributed by atoms with Crippen molar-refractivity contribution in [2.24, 2.45) is 4.99 Å². The summed E-state index contributed by atoms with van der Waals surface area (Å²) in [6.07, 6.45) is 2.07. The van der Waals surface area contributed by atoms with Gasteiger partial charge < -0.3 is 15.5 Å². The molecule has 30 heavy (non-hydrogen) atoms. The highest BCUT2D eigenvalue weighted by atomic mass is 32.2. The van der Waals surface area contributed by atoms with Crippen molar-refractivity contribution >= 4 is 22.4 Å². The Morgan fingerprint density at radius 1 is 1.23 bits per heavy atom. The fourth-order valence-electron chi connectivity index (χ4n) is 3.61. The number of halogens is 1. The van der Waals surface area contributed by atoms with E-state index in [-0.39, 0.29) is 11.9 Å². The molecule has 3 rings (SSSR count). The van der Waals surface area contributed by atoms with E-state index in [1.165, 1.54) is 6.07 Å². The van der Waals surface area contributed by atoms with E-state index in [0.29, 0.717) is 18.1 Å². The summed E-state index contributed by atoms with van der Waals surface area (Å²) in [5.74, 6) is 1.64. The van der Waals surface area contributed by atoms with E-state index in [0.717, 1.165) is 49.7 Å². The monoisotopic (exact) mass is 430 g/mol. The molecule has 0 saturated carbocycles. The first-order valence-corrected chi connectivity index (χ1v) is 12.1. The van der Waals surface area contributed by atoms with E-state index in [2.05, 4.69) is 20.5 Å². The maximum absolute atomic E-state index is 13.6. The standard InChI is InChI=1S/C23H31FN4OS/c1-2-25-23(26-13-15-30(29)18-19-8-4-3-5-9-19)27-21-11-7-14-28(17-21)22-12-6-10-20(24)16-22/h3-6,8-10,12,16,21H,2,7,11,13-15,17-18H2,1H3,(H2,25,26,27). The normalized spacial score (nSPS) is 18.1. The smallest absolute Gasteiger partial charge is 0.191 e. The predicted molar refractivity (Wildman–Crippen MR) is 124 cm³/mol. The van der Waals surface area contributed by atoms with Crippen LogP contribution in [0.15, 0.2) is 59.6 Å². The summed E-state index contributed by atoms with van der Waals surface area (Å²) in [7, 11) is -0.937. The molecule has 0 amide bonds. The minimum Gasteiger partial charge on any atom is -0.369 e. The third-order valence-corrected chi connectivity index (χ3v) is 6.33. The van der Waals surface area contributed by atoms with Gasteiger partial charge in [0.15, 0.2) is 5.96 Å². The molecule has 0 radical (unpaired) electrons. The topological polar surface area (TPSA) is 56.7 Å². The molecule has 0 aromatic heterocycles. The van der Waals surface area contributed by atoms with Crippen LogP contribution in [0.3, 0.4) is 0 Å². The van der Waals surface area contributed by atoms with Crippen LogP contribution in [-0.4, -0.2) is 48.1 Å². The molecule has 2 unspecified atom stereocenters. The van der Waals surface area contributed by atoms with Gasteiger partial charge in [-0.3, -0.25) is 9.20 Å². The molecule has 0 aliphatic carbocycles. The van der Waals surface area contributed by atoms with E-state index in [9.17, 15) is 8.60 Å². The molecule has 2 atom stereocenters. The first-order valence-electron chi connectivity index (χ1n) is 10.6. The number of hydrogen-bond donors (Lipinski definition) is 2. The van der Waals surface area contributed by atoms with E-state index >= 15 is 0 Å². The Morgan fingerprint density at radius 2 is 2.07 bits per heavy atom. The highest BCUT2D eigenvalue weighted by Gasteiger charge is 2.21. The van der Waals surface area contributed by atoms with Gasteiger partial charge in [-0.15, -0.1) is 0 Å². The van der Waals surface area contributed by atoms with E-state index in [1.54, 1.807) is 12.1 Å². The number of guanidine groups is 1. The lowest BCUT2D eigenvalue weighted by Gasteiger charge is -2.35. The van der Waals surface area contributed by atoms with Gasteiger partial charge in [0.2, 0.25) is 0 Å². The van der Waals surface area contributed by atoms with Crippen molar-refractivity contribution in [3.63, 3.8) is 0 Å². The van der Waals surface area contributed by atoms with E-state index in [1.807, 2.05) is 43.3 Å². The van der Waals surface area contributed by atoms with Crippen LogP contribution in [-0.2, 0) is 16.6 Å². The molecule has 162 valence electrons. The SMILES string of the molecule is CCNC(=NCCS(=O)Cc1ccccc1)NC1CCCN(c2cccc(F)c2)C1. The number of benzene rings is 2. The molecule has 1 saturated heterocycles. The molecular formula is C23H31FN4OS. The second-order valence-corrected chi connectivity index (χ2v) is 9.02. The molecular weight excluding hydrogens is 399 g/mol. The zero-order valence-electron chi connectivity index (χ0n) is 17.5. The van der Waals surface area contributed by atoms with Crippen molar-refractivity contribution in [3.05, 3.63) is 66.0 Å². The second-order valence-electron chi connectivity index (χ2n) is 7.44. The number of hydrogen-bond acceptors (Lipinski definition) is 3. The molecule has 1 aliphatic heterocycles. The molecule has 7 heteroatoms. The quantitative estimate of drug-likeness (QED) is 0.498. The first kappa shape index (κ1) is 22.3. The number of aliphatic imine (C=N–C) groups is 1. The minimum atomic E-state index is -0.937. The summed E-state index contributed by atoms with van der Waals surface area (Å²) in [6.45, 7) is 5.03. The Bertz CT molecular complexity index is 846. The van der Waals surface area contributed by atoms with Gasteiger partial charge in [-0.1, -0.05) is 36.4 Å². The number of rotatable bonds is 8. The summed E-state index contributed by atoms with van der Waals surface area (Å²) in [5.41, 5.74) is 2.00. The van der Waals surface area contributed by atoms with Crippen molar-refractivity contribution in [1.82, 2.24) is 10.6 Å². The maximum Gasteiger partial charge on any atom is 0.191 e. The van der Waals surface area contributed by atoms with Crippen molar-refractivity contribution < 1.29 is 8.60 Å². The molecule has 5 nitrogen and oxygen atoms in total. The fraction of sp³-hybridized carbons (Fsp3) is 0.435. The van der Waals surface area contributed by atoms with Crippen LogP contribution in [0.2, 0.25) is 0 Å². The second kappa shape index (κ2) is 11.7. The maximum atomic E-state index is 13.6. The van der Waals surface area contributed by atoms with Crippen LogP contribution in [0.25, 0.3) is 0 Å². The largest absolute Gasteiger partial charge is 0.369 e. The molecule has 2 aromatic rings. The number of anilines is 1. The lowest BCUT2D eigenvalue weighted by atomic mass is 10.0. The zero-order chi connectivity index (χ0) is 21.2. The Hall–Kier alpha value is -2.41. The van der Waals surface area contributed by atoms with Crippen LogP contribution in [0.1, 0.15) is 25.3 Å². The van der Waals surface area contributed by atoms with Gasteiger partial charge in [0.1, 0.15) is 5.82 Å². The summed E-state index contributed by atoms with van der Waals surface area (Å²) < 4.78 is 25.9. The molecule has 0 bridgehead atoms. The lowest BCUT2D eigenvalue weighted by Crippen LogP contribution is -2.51. The van der Waals surface area contributed by atoms with Gasteiger partial charge in [0, 0.05) is 53.7 Å². The lowest BCUT2D eigenvalue weighted by molar-refractivity contribution is 0.467. The van der Waals surface area contributed by atoms with Gasteiger partial charge >= 0.3 is 0 Å². The number of nitrogens with one attached hydrogen (secondary N) is 2. The van der Waals surface area contributed by atoms with Crippen molar-refractivity contribution in [3.8, 4) is 0 Å². The average molecular weight is 431 g/mol. The van der Waals surface area contributed by atoms with Gasteiger partial charge in [0.25, 0.3) is 0 Å². The Balaban J connectivity index is 1.52. The highest BCUT2D eigenvalue weighted by molar-refractivity contribution is 7.84. The Labute approximate surface area is 181 Å². The zero-order valence-corrected chi connectivity index (χ0v) is 18.3. The molecule has 2 aromatic carbocycles. The van der Waals surface area contributed by atoms with Crippen molar-refractivity contribution in [2.75, 3.05) is 36.8 Å². The van der Waals surface area contributed by atoms with Crippen LogP contribution < -0.4 is 15.5 Å². The number of piperidine rings is 1. The van der Waals surface area contributed by atoms with Crippen LogP contribution in [0.4, 0.5) is 10.1 Å². The summed E-state index contributed by atoms with van der Waals surface area (Å²) in [4.78, 5) is 6.83. The molecule has 0 spiro atoms. The van der Waals surface area contributed by atoms with Crippen LogP contribution in [0.5, 0.6) is 0 Å². The first-order chi connectivity index (χ1) is 14.6. The summed E-state index contributed by atoms with van der Waals surface area (Å²) in [5, 5.41) is 6.78.